The van der Waals surface area contributed by atoms with Crippen molar-refractivity contribution in [3.63, 3.8) is 0 Å². The highest BCUT2D eigenvalue weighted by molar-refractivity contribution is 7.92. The molecule has 1 aromatic carbocycles. The largest absolute Gasteiger partial charge is 0.334 e. The van der Waals surface area contributed by atoms with Gasteiger partial charge in [-0.2, -0.15) is 8.42 Å². The molecule has 2 N–H and O–H groups in total. The van der Waals surface area contributed by atoms with Gasteiger partial charge in [-0.15, -0.1) is 0 Å². The van der Waals surface area contributed by atoms with E-state index in [1.807, 2.05) is 13.8 Å². The van der Waals surface area contributed by atoms with E-state index in [0.29, 0.717) is 16.8 Å². The quantitative estimate of drug-likeness (QED) is 0.758. The lowest BCUT2D eigenvalue weighted by molar-refractivity contribution is 0.591. The minimum atomic E-state index is -3.77. The number of imidazole rings is 1. The van der Waals surface area contributed by atoms with Crippen LogP contribution in [-0.2, 0) is 10.0 Å². The van der Waals surface area contributed by atoms with Crippen molar-refractivity contribution < 1.29 is 8.42 Å². The number of rotatable bonds is 4. The van der Waals surface area contributed by atoms with Crippen molar-refractivity contribution in [3.8, 4) is 0 Å². The number of anilines is 1. The molecule has 0 unspecified atom stereocenters. The molecule has 126 valence electrons. The Morgan fingerprint density at radius 1 is 1.25 bits per heavy atom. The summed E-state index contributed by atoms with van der Waals surface area (Å²) in [5.41, 5.74) is 1.47. The highest BCUT2D eigenvalue weighted by Gasteiger charge is 2.18. The van der Waals surface area contributed by atoms with Gasteiger partial charge < -0.3 is 9.55 Å². The molecule has 0 saturated carbocycles. The van der Waals surface area contributed by atoms with Crippen LogP contribution in [0, 0.1) is 6.92 Å². The van der Waals surface area contributed by atoms with E-state index >= 15 is 0 Å². The summed E-state index contributed by atoms with van der Waals surface area (Å²) in [5, 5.41) is 0.717. The van der Waals surface area contributed by atoms with Crippen LogP contribution >= 0.6 is 0 Å². The summed E-state index contributed by atoms with van der Waals surface area (Å²) < 4.78 is 29.1. The Balaban J connectivity index is 1.95. The average Bonchev–Trinajstić information content (AvgIpc) is 2.99. The summed E-state index contributed by atoms with van der Waals surface area (Å²) >= 11 is 0. The first kappa shape index (κ1) is 16.3. The maximum absolute atomic E-state index is 12.4. The lowest BCUT2D eigenvalue weighted by atomic mass is 10.1. The normalized spacial score (nSPS) is 12.0. The second-order valence-electron chi connectivity index (χ2n) is 5.94. The Morgan fingerprint density at radius 3 is 2.67 bits per heavy atom. The molecule has 0 aliphatic rings. The summed E-state index contributed by atoms with van der Waals surface area (Å²) in [6.07, 6.45) is 2.99. The van der Waals surface area contributed by atoms with E-state index < -0.39 is 10.0 Å². The first-order valence-corrected chi connectivity index (χ1v) is 8.94. The number of fused-ring (bicyclic) bond motifs is 1. The predicted octanol–water partition coefficient (Wildman–Crippen LogP) is 2.41. The molecule has 0 bridgehead atoms. The number of aryl methyl sites for hydroxylation is 1. The van der Waals surface area contributed by atoms with E-state index in [2.05, 4.69) is 14.7 Å². The molecule has 24 heavy (non-hydrogen) atoms. The Morgan fingerprint density at radius 2 is 2.00 bits per heavy atom. The topological polar surface area (TPSA) is 96.8 Å². The van der Waals surface area contributed by atoms with Gasteiger partial charge in [0.1, 0.15) is 0 Å². The minimum Gasteiger partial charge on any atom is -0.334 e. The second kappa shape index (κ2) is 5.79. The Labute approximate surface area is 139 Å². The number of aromatic amines is 1. The number of benzene rings is 1. The number of aromatic nitrogens is 3. The van der Waals surface area contributed by atoms with Crippen LogP contribution in [0.4, 0.5) is 5.69 Å². The smallest absolute Gasteiger partial charge is 0.280 e. The Kier molecular flexibility index (Phi) is 3.92. The van der Waals surface area contributed by atoms with Crippen LogP contribution < -0.4 is 10.3 Å². The van der Waals surface area contributed by atoms with Gasteiger partial charge in [-0.3, -0.25) is 9.52 Å². The molecule has 8 heteroatoms. The van der Waals surface area contributed by atoms with Crippen LogP contribution in [0.2, 0.25) is 0 Å². The van der Waals surface area contributed by atoms with Crippen molar-refractivity contribution in [2.75, 3.05) is 4.72 Å². The number of sulfonamides is 1. The third kappa shape index (κ3) is 3.05. The van der Waals surface area contributed by atoms with Crippen molar-refractivity contribution in [2.24, 2.45) is 0 Å². The fourth-order valence-corrected chi connectivity index (χ4v) is 3.31. The SMILES string of the molecule is Cc1cc2cc(NS(=O)(=O)c3cn(C(C)C)cn3)ccc2[nH]c1=O. The van der Waals surface area contributed by atoms with Crippen LogP contribution in [-0.4, -0.2) is 23.0 Å². The maximum atomic E-state index is 12.4. The summed E-state index contributed by atoms with van der Waals surface area (Å²) in [5.74, 6) is 0. The molecule has 3 aromatic rings. The molecule has 0 aliphatic carbocycles. The van der Waals surface area contributed by atoms with Gasteiger partial charge in [-0.25, -0.2) is 4.98 Å². The molecular formula is C16H18N4O3S. The van der Waals surface area contributed by atoms with Crippen LogP contribution in [0.1, 0.15) is 25.5 Å². The second-order valence-corrected chi connectivity index (χ2v) is 7.57. The van der Waals surface area contributed by atoms with Crippen LogP contribution in [0.15, 0.2) is 46.6 Å². The van der Waals surface area contributed by atoms with Gasteiger partial charge in [0, 0.05) is 34.4 Å². The molecule has 2 heterocycles. The lowest BCUT2D eigenvalue weighted by Gasteiger charge is -2.08. The fraction of sp³-hybridized carbons (Fsp3) is 0.250. The van der Waals surface area contributed by atoms with Crippen molar-refractivity contribution in [2.45, 2.75) is 31.8 Å². The average molecular weight is 346 g/mol. The standard InChI is InChI=1S/C16H18N4O3S/c1-10(2)20-8-15(17-9-20)24(22,23)19-13-4-5-14-12(7-13)6-11(3)16(21)18-14/h4-10,19H,1-3H3,(H,18,21). The Bertz CT molecular complexity index is 1060. The third-order valence-electron chi connectivity index (χ3n) is 3.73. The summed E-state index contributed by atoms with van der Waals surface area (Å²) in [4.78, 5) is 18.3. The first-order valence-electron chi connectivity index (χ1n) is 7.46. The van der Waals surface area contributed by atoms with Crippen LogP contribution in [0.3, 0.4) is 0 Å². The Hall–Kier alpha value is -2.61. The highest BCUT2D eigenvalue weighted by Crippen LogP contribution is 2.20. The molecule has 7 nitrogen and oxygen atoms in total. The lowest BCUT2D eigenvalue weighted by Crippen LogP contribution is -2.14. The minimum absolute atomic E-state index is 0.0334. The van der Waals surface area contributed by atoms with Gasteiger partial charge in [0.15, 0.2) is 5.03 Å². The number of H-pyrrole nitrogens is 1. The van der Waals surface area contributed by atoms with Gasteiger partial charge in [0.2, 0.25) is 0 Å². The third-order valence-corrected chi connectivity index (χ3v) is 5.00. The van der Waals surface area contributed by atoms with E-state index in [1.54, 1.807) is 35.8 Å². The molecule has 0 atom stereocenters. The first-order chi connectivity index (χ1) is 11.3. The van der Waals surface area contributed by atoms with E-state index in [-0.39, 0.29) is 16.6 Å². The van der Waals surface area contributed by atoms with Crippen LogP contribution in [0.5, 0.6) is 0 Å². The molecule has 0 saturated heterocycles. The molecule has 3 rings (SSSR count). The summed E-state index contributed by atoms with van der Waals surface area (Å²) in [6, 6.07) is 6.79. The highest BCUT2D eigenvalue weighted by atomic mass is 32.2. The van der Waals surface area contributed by atoms with Crippen molar-refractivity contribution >= 4 is 26.6 Å². The molecule has 2 aromatic heterocycles. The molecule has 0 fully saturated rings. The number of hydrogen-bond acceptors (Lipinski definition) is 4. The van der Waals surface area contributed by atoms with E-state index in [9.17, 15) is 13.2 Å². The number of hydrogen-bond donors (Lipinski definition) is 2. The van der Waals surface area contributed by atoms with Gasteiger partial charge in [0.05, 0.1) is 6.33 Å². The van der Waals surface area contributed by atoms with E-state index in [4.69, 9.17) is 0 Å². The van der Waals surface area contributed by atoms with Gasteiger partial charge in [-0.05, 0) is 45.0 Å². The molecule has 0 amide bonds. The van der Waals surface area contributed by atoms with E-state index in [1.165, 1.54) is 12.5 Å². The zero-order valence-corrected chi connectivity index (χ0v) is 14.4. The molecule has 0 spiro atoms. The van der Waals surface area contributed by atoms with Crippen molar-refractivity contribution in [1.82, 2.24) is 14.5 Å². The maximum Gasteiger partial charge on any atom is 0.280 e. The predicted molar refractivity (Wildman–Crippen MR) is 92.7 cm³/mol. The fourth-order valence-electron chi connectivity index (χ4n) is 2.33. The van der Waals surface area contributed by atoms with Gasteiger partial charge in [-0.1, -0.05) is 0 Å². The van der Waals surface area contributed by atoms with Crippen molar-refractivity contribution in [3.05, 3.63) is 52.7 Å². The number of nitrogens with zero attached hydrogens (tertiary/aromatic N) is 2. The van der Waals surface area contributed by atoms with Gasteiger partial charge in [0.25, 0.3) is 15.6 Å². The van der Waals surface area contributed by atoms with Crippen LogP contribution in [0.25, 0.3) is 10.9 Å². The number of pyridine rings is 1. The molecule has 0 aliphatic heterocycles. The molecule has 0 radical (unpaired) electrons. The van der Waals surface area contributed by atoms with Crippen molar-refractivity contribution in [1.29, 1.82) is 0 Å². The summed E-state index contributed by atoms with van der Waals surface area (Å²) in [6.45, 7) is 5.59. The van der Waals surface area contributed by atoms with Gasteiger partial charge >= 0.3 is 0 Å². The number of nitrogens with one attached hydrogen (secondary N) is 2. The molecular weight excluding hydrogens is 328 g/mol. The van der Waals surface area contributed by atoms with E-state index in [0.717, 1.165) is 5.39 Å². The monoisotopic (exact) mass is 346 g/mol. The summed E-state index contributed by atoms with van der Waals surface area (Å²) in [7, 11) is -3.77. The zero-order valence-electron chi connectivity index (χ0n) is 13.6. The zero-order chi connectivity index (χ0) is 17.5.